The summed E-state index contributed by atoms with van der Waals surface area (Å²) in [6, 6.07) is -0.545. The molecule has 0 aliphatic carbocycles. The van der Waals surface area contributed by atoms with Gasteiger partial charge in [-0.25, -0.2) is 0 Å². The number of allylic oxidation sites excluding steroid dienone is 2. The van der Waals surface area contributed by atoms with Gasteiger partial charge in [-0.05, 0) is 51.4 Å². The van der Waals surface area contributed by atoms with Gasteiger partial charge in [-0.2, -0.15) is 0 Å². The lowest BCUT2D eigenvalue weighted by Crippen LogP contribution is -2.45. The average molecular weight is 1130 g/mol. The Morgan fingerprint density at radius 2 is 0.588 bits per heavy atom. The van der Waals surface area contributed by atoms with E-state index in [9.17, 15) is 19.8 Å². The van der Waals surface area contributed by atoms with Crippen LogP contribution in [0.15, 0.2) is 12.2 Å². The number of nitrogens with one attached hydrogen (secondary N) is 1. The van der Waals surface area contributed by atoms with Crippen LogP contribution in [0.2, 0.25) is 0 Å². The summed E-state index contributed by atoms with van der Waals surface area (Å²) in [6.07, 6.45) is 86.9. The minimum absolute atomic E-state index is 0.0104. The number of carbonyl (C=O) groups excluding carboxylic acids is 2. The predicted molar refractivity (Wildman–Crippen MR) is 352 cm³/mol. The van der Waals surface area contributed by atoms with Gasteiger partial charge in [-0.3, -0.25) is 9.59 Å². The molecule has 0 spiro atoms. The molecule has 0 saturated carbocycles. The summed E-state index contributed by atoms with van der Waals surface area (Å²) < 4.78 is 5.51. The van der Waals surface area contributed by atoms with Crippen molar-refractivity contribution >= 4 is 11.9 Å². The van der Waals surface area contributed by atoms with E-state index in [4.69, 9.17) is 4.74 Å². The quantitative estimate of drug-likeness (QED) is 0.0320. The summed E-state index contributed by atoms with van der Waals surface area (Å²) in [4.78, 5) is 24.7. The summed E-state index contributed by atoms with van der Waals surface area (Å²) in [5.74, 6) is -0.0217. The van der Waals surface area contributed by atoms with Crippen molar-refractivity contribution in [2.75, 3.05) is 13.2 Å². The maximum Gasteiger partial charge on any atom is 0.305 e. The molecule has 0 rings (SSSR count). The fraction of sp³-hybridized carbons (Fsp3) is 0.946. The predicted octanol–water partition coefficient (Wildman–Crippen LogP) is 23.9. The fourth-order valence-electron chi connectivity index (χ4n) is 11.9. The van der Waals surface area contributed by atoms with E-state index in [1.54, 1.807) is 0 Å². The number of rotatable bonds is 70. The maximum atomic E-state index is 12.6. The van der Waals surface area contributed by atoms with Gasteiger partial charge in [0.15, 0.2) is 0 Å². The highest BCUT2D eigenvalue weighted by atomic mass is 16.5. The number of carbonyl (C=O) groups is 2. The number of ether oxygens (including phenoxy) is 1. The van der Waals surface area contributed by atoms with Gasteiger partial charge in [0, 0.05) is 12.8 Å². The first-order valence-corrected chi connectivity index (χ1v) is 36.9. The minimum Gasteiger partial charge on any atom is -0.466 e. The Bertz CT molecular complexity index is 1210. The summed E-state index contributed by atoms with van der Waals surface area (Å²) >= 11 is 0. The Morgan fingerprint density at radius 3 is 0.887 bits per heavy atom. The molecular weight excluding hydrogens is 983 g/mol. The van der Waals surface area contributed by atoms with Crippen LogP contribution in [0.1, 0.15) is 425 Å². The first-order valence-electron chi connectivity index (χ1n) is 36.9. The Labute approximate surface area is 501 Å². The van der Waals surface area contributed by atoms with Crippen LogP contribution in [0.3, 0.4) is 0 Å². The third kappa shape index (κ3) is 65.7. The van der Waals surface area contributed by atoms with Gasteiger partial charge in [-0.1, -0.05) is 373 Å². The molecule has 476 valence electrons. The first kappa shape index (κ1) is 78.6. The van der Waals surface area contributed by atoms with Crippen LogP contribution in [-0.2, 0) is 14.3 Å². The molecule has 3 N–H and O–H groups in total. The molecule has 2 unspecified atom stereocenters. The van der Waals surface area contributed by atoms with Crippen LogP contribution < -0.4 is 5.32 Å². The summed E-state index contributed by atoms with van der Waals surface area (Å²) in [6.45, 7) is 4.99. The molecule has 0 heterocycles. The van der Waals surface area contributed by atoms with Crippen molar-refractivity contribution in [3.05, 3.63) is 12.2 Å². The normalized spacial score (nSPS) is 12.5. The molecule has 0 aliphatic heterocycles. The standard InChI is InChI=1S/C74H145NO5/c1-3-5-7-9-11-13-15-17-19-21-23-24-25-26-27-28-31-34-38-42-46-50-54-58-62-66-72(77)71(70-76)75-73(78)67-63-59-55-51-47-43-39-35-32-29-33-37-41-45-49-53-57-61-65-69-80-74(79)68-64-60-56-52-48-44-40-36-30-22-20-18-16-14-12-10-8-6-4-2/h18,20,71-72,76-77H,3-17,19,21-70H2,1-2H3,(H,75,78)/b20-18-. The van der Waals surface area contributed by atoms with E-state index < -0.39 is 12.1 Å². The van der Waals surface area contributed by atoms with Crippen LogP contribution >= 0.6 is 0 Å². The van der Waals surface area contributed by atoms with Crippen LogP contribution in [0.25, 0.3) is 0 Å². The SMILES string of the molecule is CCCCCCCC/C=C\CCCCCCCCCCCC(=O)OCCCCCCCCCCCCCCCCCCCCCC(=O)NC(CO)C(O)CCCCCCCCCCCCCCCCCCCCCCCCCCC. The Kier molecular flexibility index (Phi) is 68.9. The molecule has 0 aliphatic rings. The lowest BCUT2D eigenvalue weighted by atomic mass is 10.0. The summed E-state index contributed by atoms with van der Waals surface area (Å²) in [5.41, 5.74) is 0. The molecule has 2 atom stereocenters. The second-order valence-corrected chi connectivity index (χ2v) is 25.6. The van der Waals surface area contributed by atoms with Crippen LogP contribution in [0.5, 0.6) is 0 Å². The van der Waals surface area contributed by atoms with Crippen molar-refractivity contribution < 1.29 is 24.5 Å². The second kappa shape index (κ2) is 70.1. The van der Waals surface area contributed by atoms with Gasteiger partial charge < -0.3 is 20.3 Å². The Balaban J connectivity index is 3.38. The van der Waals surface area contributed by atoms with Gasteiger partial charge in [0.05, 0.1) is 25.4 Å². The lowest BCUT2D eigenvalue weighted by Gasteiger charge is -2.22. The third-order valence-electron chi connectivity index (χ3n) is 17.6. The van der Waals surface area contributed by atoms with Crippen LogP contribution in [-0.4, -0.2) is 47.4 Å². The fourth-order valence-corrected chi connectivity index (χ4v) is 11.9. The number of amides is 1. The molecule has 0 aromatic rings. The lowest BCUT2D eigenvalue weighted by molar-refractivity contribution is -0.143. The topological polar surface area (TPSA) is 95.9 Å². The largest absolute Gasteiger partial charge is 0.466 e. The zero-order chi connectivity index (χ0) is 57.8. The highest BCUT2D eigenvalue weighted by molar-refractivity contribution is 5.76. The van der Waals surface area contributed by atoms with Gasteiger partial charge in [-0.15, -0.1) is 0 Å². The molecule has 0 aromatic heterocycles. The zero-order valence-electron chi connectivity index (χ0n) is 54.6. The van der Waals surface area contributed by atoms with E-state index in [2.05, 4.69) is 31.3 Å². The molecule has 6 nitrogen and oxygen atoms in total. The smallest absolute Gasteiger partial charge is 0.305 e. The molecule has 0 fully saturated rings. The van der Waals surface area contributed by atoms with Crippen molar-refractivity contribution in [3.8, 4) is 0 Å². The van der Waals surface area contributed by atoms with Gasteiger partial charge in [0.25, 0.3) is 0 Å². The number of esters is 1. The van der Waals surface area contributed by atoms with Gasteiger partial charge in [0.2, 0.25) is 5.91 Å². The molecule has 0 bridgehead atoms. The van der Waals surface area contributed by atoms with Crippen molar-refractivity contribution in [3.63, 3.8) is 0 Å². The van der Waals surface area contributed by atoms with E-state index >= 15 is 0 Å². The molecule has 1 amide bonds. The van der Waals surface area contributed by atoms with Crippen LogP contribution in [0, 0.1) is 0 Å². The van der Waals surface area contributed by atoms with Crippen molar-refractivity contribution in [2.24, 2.45) is 0 Å². The first-order chi connectivity index (χ1) is 39.5. The Hall–Kier alpha value is -1.40. The molecule has 0 aromatic carbocycles. The molecular formula is C74H145NO5. The van der Waals surface area contributed by atoms with Crippen molar-refractivity contribution in [1.82, 2.24) is 5.32 Å². The van der Waals surface area contributed by atoms with Crippen molar-refractivity contribution in [2.45, 2.75) is 437 Å². The minimum atomic E-state index is -0.668. The third-order valence-corrected chi connectivity index (χ3v) is 17.6. The van der Waals surface area contributed by atoms with E-state index in [1.807, 2.05) is 0 Å². The molecule has 80 heavy (non-hydrogen) atoms. The number of aliphatic hydroxyl groups is 2. The number of unbranched alkanes of at least 4 members (excludes halogenated alkanes) is 57. The summed E-state index contributed by atoms with van der Waals surface area (Å²) in [5, 5.41) is 23.5. The van der Waals surface area contributed by atoms with E-state index in [-0.39, 0.29) is 18.5 Å². The number of hydrogen-bond donors (Lipinski definition) is 3. The Morgan fingerprint density at radius 1 is 0.338 bits per heavy atom. The highest BCUT2D eigenvalue weighted by Gasteiger charge is 2.20. The maximum absolute atomic E-state index is 12.6. The number of aliphatic hydroxyl groups excluding tert-OH is 2. The van der Waals surface area contributed by atoms with Crippen LogP contribution in [0.4, 0.5) is 0 Å². The molecule has 0 radical (unpaired) electrons. The van der Waals surface area contributed by atoms with E-state index in [1.165, 1.54) is 347 Å². The average Bonchev–Trinajstić information content (AvgIpc) is 3.46. The second-order valence-electron chi connectivity index (χ2n) is 25.6. The molecule has 0 saturated heterocycles. The van der Waals surface area contributed by atoms with E-state index in [0.29, 0.717) is 25.9 Å². The number of hydrogen-bond acceptors (Lipinski definition) is 5. The molecule has 6 heteroatoms. The zero-order valence-corrected chi connectivity index (χ0v) is 54.6. The summed E-state index contributed by atoms with van der Waals surface area (Å²) in [7, 11) is 0. The highest BCUT2D eigenvalue weighted by Crippen LogP contribution is 2.20. The van der Waals surface area contributed by atoms with E-state index in [0.717, 1.165) is 44.9 Å². The van der Waals surface area contributed by atoms with Gasteiger partial charge in [0.1, 0.15) is 0 Å². The monoisotopic (exact) mass is 1130 g/mol. The van der Waals surface area contributed by atoms with Gasteiger partial charge >= 0.3 is 5.97 Å². The van der Waals surface area contributed by atoms with Crippen molar-refractivity contribution in [1.29, 1.82) is 0 Å².